The highest BCUT2D eigenvalue weighted by atomic mass is 16.5. The lowest BCUT2D eigenvalue weighted by Gasteiger charge is -2.13. The first-order valence-corrected chi connectivity index (χ1v) is 8.27. The Morgan fingerprint density at radius 2 is 1.92 bits per heavy atom. The summed E-state index contributed by atoms with van der Waals surface area (Å²) in [4.78, 5) is 26.1. The molecule has 1 aromatic rings. The van der Waals surface area contributed by atoms with Gasteiger partial charge in [-0.3, -0.25) is 9.59 Å². The van der Waals surface area contributed by atoms with Crippen LogP contribution in [0.5, 0.6) is 5.75 Å². The van der Waals surface area contributed by atoms with Crippen LogP contribution in [-0.4, -0.2) is 51.0 Å². The first-order valence-electron chi connectivity index (χ1n) is 8.27. The largest absolute Gasteiger partial charge is 0.496 e. The van der Waals surface area contributed by atoms with Gasteiger partial charge in [0.15, 0.2) is 0 Å². The Hall–Kier alpha value is -2.08. The summed E-state index contributed by atoms with van der Waals surface area (Å²) in [5.41, 5.74) is 1.08. The number of anilines is 1. The van der Waals surface area contributed by atoms with Gasteiger partial charge in [0.2, 0.25) is 5.91 Å². The van der Waals surface area contributed by atoms with E-state index < -0.39 is 0 Å². The highest BCUT2D eigenvalue weighted by Gasteiger charge is 2.14. The Morgan fingerprint density at radius 3 is 2.50 bits per heavy atom. The van der Waals surface area contributed by atoms with Crippen LogP contribution in [0, 0.1) is 5.92 Å². The lowest BCUT2D eigenvalue weighted by Crippen LogP contribution is -2.26. The van der Waals surface area contributed by atoms with E-state index in [0.717, 1.165) is 19.4 Å². The van der Waals surface area contributed by atoms with E-state index in [0.29, 0.717) is 23.5 Å². The summed E-state index contributed by atoms with van der Waals surface area (Å²) >= 11 is 0. The van der Waals surface area contributed by atoms with Crippen molar-refractivity contribution in [2.45, 2.75) is 26.7 Å². The molecule has 0 aliphatic carbocycles. The molecular formula is C18H29N3O3. The SMILES string of the molecule is COc1cc(NC(=O)C(C)C)ccc1C(=O)NCCCCN(C)C. The standard InChI is InChI=1S/C18H29N3O3/c1-13(2)17(22)20-14-8-9-15(16(12-14)24-5)18(23)19-10-6-7-11-21(3)4/h8-9,12-13H,6-7,10-11H2,1-5H3,(H,19,23)(H,20,22). The second kappa shape index (κ2) is 9.93. The number of benzene rings is 1. The van der Waals surface area contributed by atoms with Crippen LogP contribution in [0.25, 0.3) is 0 Å². The number of carbonyl (C=O) groups is 2. The number of unbranched alkanes of at least 4 members (excludes halogenated alkanes) is 1. The number of ether oxygens (including phenoxy) is 1. The Bertz CT molecular complexity index is 556. The summed E-state index contributed by atoms with van der Waals surface area (Å²) in [7, 11) is 5.57. The quantitative estimate of drug-likeness (QED) is 0.680. The molecule has 0 saturated carbocycles. The number of hydrogen-bond donors (Lipinski definition) is 2. The third-order valence-electron chi connectivity index (χ3n) is 3.56. The van der Waals surface area contributed by atoms with Gasteiger partial charge < -0.3 is 20.3 Å². The number of rotatable bonds is 9. The normalized spacial score (nSPS) is 10.8. The van der Waals surface area contributed by atoms with Crippen LogP contribution in [-0.2, 0) is 4.79 Å². The summed E-state index contributed by atoms with van der Waals surface area (Å²) in [5.74, 6) is 0.0945. The van der Waals surface area contributed by atoms with Gasteiger partial charge >= 0.3 is 0 Å². The maximum atomic E-state index is 12.3. The van der Waals surface area contributed by atoms with E-state index >= 15 is 0 Å². The van der Waals surface area contributed by atoms with Gasteiger partial charge in [0, 0.05) is 24.2 Å². The van der Waals surface area contributed by atoms with Crippen molar-refractivity contribution < 1.29 is 14.3 Å². The van der Waals surface area contributed by atoms with E-state index in [1.54, 1.807) is 18.2 Å². The Labute approximate surface area is 144 Å². The Kier molecular flexibility index (Phi) is 8.26. The minimum Gasteiger partial charge on any atom is -0.496 e. The van der Waals surface area contributed by atoms with Crippen LogP contribution in [0.2, 0.25) is 0 Å². The molecule has 0 aromatic heterocycles. The lowest BCUT2D eigenvalue weighted by atomic mass is 10.1. The average molecular weight is 335 g/mol. The smallest absolute Gasteiger partial charge is 0.255 e. The van der Waals surface area contributed by atoms with Crippen molar-refractivity contribution in [2.75, 3.05) is 39.6 Å². The van der Waals surface area contributed by atoms with Gasteiger partial charge in [-0.05, 0) is 45.6 Å². The van der Waals surface area contributed by atoms with E-state index in [-0.39, 0.29) is 17.7 Å². The molecule has 134 valence electrons. The third kappa shape index (κ3) is 6.58. The van der Waals surface area contributed by atoms with E-state index in [9.17, 15) is 9.59 Å². The summed E-state index contributed by atoms with van der Waals surface area (Å²) in [6, 6.07) is 5.05. The van der Waals surface area contributed by atoms with E-state index in [2.05, 4.69) is 15.5 Å². The molecule has 0 heterocycles. The third-order valence-corrected chi connectivity index (χ3v) is 3.56. The minimum atomic E-state index is -0.168. The zero-order valence-electron chi connectivity index (χ0n) is 15.3. The second-order valence-corrected chi connectivity index (χ2v) is 6.33. The van der Waals surface area contributed by atoms with Crippen LogP contribution in [0.4, 0.5) is 5.69 Å². The zero-order chi connectivity index (χ0) is 18.1. The van der Waals surface area contributed by atoms with Gasteiger partial charge in [0.25, 0.3) is 5.91 Å². The van der Waals surface area contributed by atoms with Crippen LogP contribution >= 0.6 is 0 Å². The summed E-state index contributed by atoms with van der Waals surface area (Å²) in [5, 5.41) is 5.70. The molecular weight excluding hydrogens is 306 g/mol. The van der Waals surface area contributed by atoms with Crippen molar-refractivity contribution in [2.24, 2.45) is 5.92 Å². The maximum Gasteiger partial charge on any atom is 0.255 e. The van der Waals surface area contributed by atoms with Crippen LogP contribution in [0.1, 0.15) is 37.0 Å². The predicted octanol–water partition coefficient (Wildman–Crippen LogP) is 2.36. The number of carbonyl (C=O) groups excluding carboxylic acids is 2. The van der Waals surface area contributed by atoms with Crippen LogP contribution in [0.15, 0.2) is 18.2 Å². The number of hydrogen-bond acceptors (Lipinski definition) is 4. The van der Waals surface area contributed by atoms with Crippen molar-refractivity contribution >= 4 is 17.5 Å². The van der Waals surface area contributed by atoms with Crippen molar-refractivity contribution in [3.63, 3.8) is 0 Å². The minimum absolute atomic E-state index is 0.0739. The van der Waals surface area contributed by atoms with Gasteiger partial charge in [0.05, 0.1) is 12.7 Å². The first-order chi connectivity index (χ1) is 11.3. The Morgan fingerprint density at radius 1 is 1.21 bits per heavy atom. The Balaban J connectivity index is 2.63. The van der Waals surface area contributed by atoms with Gasteiger partial charge in [-0.2, -0.15) is 0 Å². The number of methoxy groups -OCH3 is 1. The topological polar surface area (TPSA) is 70.7 Å². The van der Waals surface area contributed by atoms with Gasteiger partial charge in [-0.1, -0.05) is 13.8 Å². The monoisotopic (exact) mass is 335 g/mol. The number of nitrogens with one attached hydrogen (secondary N) is 2. The second-order valence-electron chi connectivity index (χ2n) is 6.33. The zero-order valence-corrected chi connectivity index (χ0v) is 15.3. The summed E-state index contributed by atoms with van der Waals surface area (Å²) < 4.78 is 5.29. The molecule has 0 aliphatic rings. The van der Waals surface area contributed by atoms with Crippen molar-refractivity contribution in [1.82, 2.24) is 10.2 Å². The van der Waals surface area contributed by atoms with Crippen LogP contribution in [0.3, 0.4) is 0 Å². The van der Waals surface area contributed by atoms with Crippen LogP contribution < -0.4 is 15.4 Å². The molecule has 2 N–H and O–H groups in total. The number of amides is 2. The molecule has 0 fully saturated rings. The molecule has 6 nitrogen and oxygen atoms in total. The molecule has 0 saturated heterocycles. The highest BCUT2D eigenvalue weighted by molar-refractivity contribution is 5.98. The average Bonchev–Trinajstić information content (AvgIpc) is 2.53. The molecule has 1 rings (SSSR count). The van der Waals surface area contributed by atoms with E-state index in [1.807, 2.05) is 27.9 Å². The predicted molar refractivity (Wildman–Crippen MR) is 96.6 cm³/mol. The molecule has 6 heteroatoms. The molecule has 1 aromatic carbocycles. The van der Waals surface area contributed by atoms with Gasteiger partial charge in [0.1, 0.15) is 5.75 Å². The molecule has 0 unspecified atom stereocenters. The van der Waals surface area contributed by atoms with Crippen molar-refractivity contribution in [3.05, 3.63) is 23.8 Å². The fourth-order valence-electron chi connectivity index (χ4n) is 2.09. The lowest BCUT2D eigenvalue weighted by molar-refractivity contribution is -0.118. The fourth-order valence-corrected chi connectivity index (χ4v) is 2.09. The molecule has 0 radical (unpaired) electrons. The van der Waals surface area contributed by atoms with Gasteiger partial charge in [-0.15, -0.1) is 0 Å². The highest BCUT2D eigenvalue weighted by Crippen LogP contribution is 2.23. The van der Waals surface area contributed by atoms with Gasteiger partial charge in [-0.25, -0.2) is 0 Å². The first kappa shape index (κ1) is 20.0. The molecule has 24 heavy (non-hydrogen) atoms. The fraction of sp³-hybridized carbons (Fsp3) is 0.556. The summed E-state index contributed by atoms with van der Waals surface area (Å²) in [6.07, 6.45) is 1.96. The van der Waals surface area contributed by atoms with E-state index in [4.69, 9.17) is 4.74 Å². The molecule has 2 amide bonds. The molecule has 0 spiro atoms. The summed E-state index contributed by atoms with van der Waals surface area (Å²) in [6.45, 7) is 5.28. The number of nitrogens with zero attached hydrogens (tertiary/aromatic N) is 1. The van der Waals surface area contributed by atoms with Crippen molar-refractivity contribution in [1.29, 1.82) is 0 Å². The van der Waals surface area contributed by atoms with E-state index in [1.165, 1.54) is 7.11 Å². The molecule has 0 bridgehead atoms. The molecule has 0 atom stereocenters. The molecule has 0 aliphatic heterocycles. The van der Waals surface area contributed by atoms with Crippen molar-refractivity contribution in [3.8, 4) is 5.75 Å². The maximum absolute atomic E-state index is 12.3.